The number of anilines is 6. The highest BCUT2D eigenvalue weighted by atomic mass is 15.2. The zero-order chi connectivity index (χ0) is 49.4. The Morgan fingerprint density at radius 2 is 0.662 bits per heavy atom. The van der Waals surface area contributed by atoms with Crippen LogP contribution in [0.25, 0.3) is 76.8 Å². The Hall–Kier alpha value is -8.59. The molecule has 0 unspecified atom stereocenters. The topological polar surface area (TPSA) is 6.48 Å². The van der Waals surface area contributed by atoms with Crippen molar-refractivity contribution in [3.8, 4) is 44.5 Å². The van der Waals surface area contributed by atoms with Crippen LogP contribution in [0.15, 0.2) is 194 Å². The fourth-order valence-corrected chi connectivity index (χ4v) is 14.8. The summed E-state index contributed by atoms with van der Waals surface area (Å²) in [5, 5.41) is 8.25. The molecule has 0 radical (unpaired) electrons. The molecule has 0 N–H and O–H groups in total. The van der Waals surface area contributed by atoms with E-state index in [1.807, 2.05) is 0 Å². The Labute approximate surface area is 433 Å². The number of aryl methyl sites for hydroxylation is 6. The van der Waals surface area contributed by atoms with Crippen LogP contribution in [-0.4, -0.2) is 13.4 Å². The smallest absolute Gasteiger partial charge is 0.248 e. The lowest BCUT2D eigenvalue weighted by Crippen LogP contribution is -2.60. The normalized spacial score (nSPS) is 13.4. The van der Waals surface area contributed by atoms with Crippen molar-refractivity contribution in [2.45, 2.75) is 41.5 Å². The molecular formula is C70H50B2N2. The second kappa shape index (κ2) is 15.0. The van der Waals surface area contributed by atoms with Gasteiger partial charge in [0.2, 0.25) is 13.4 Å². The molecule has 4 aliphatic rings. The lowest BCUT2D eigenvalue weighted by molar-refractivity contribution is 1.28. The summed E-state index contributed by atoms with van der Waals surface area (Å²) in [7, 11) is 0. The van der Waals surface area contributed by atoms with Crippen molar-refractivity contribution < 1.29 is 0 Å². The highest BCUT2D eigenvalue weighted by Crippen LogP contribution is 2.53. The van der Waals surface area contributed by atoms with E-state index in [2.05, 4.69) is 245 Å². The molecule has 0 atom stereocenters. The van der Waals surface area contributed by atoms with Gasteiger partial charge in [0.15, 0.2) is 0 Å². The predicted octanol–water partition coefficient (Wildman–Crippen LogP) is 14.3. The highest BCUT2D eigenvalue weighted by Gasteiger charge is 2.46. The van der Waals surface area contributed by atoms with Crippen molar-refractivity contribution in [1.82, 2.24) is 0 Å². The van der Waals surface area contributed by atoms with Crippen molar-refractivity contribution in [3.63, 3.8) is 0 Å². The van der Waals surface area contributed by atoms with Crippen molar-refractivity contribution in [1.29, 1.82) is 0 Å². The Bertz CT molecular complexity index is 4130. The maximum Gasteiger partial charge on any atom is 0.248 e. The number of para-hydroxylation sites is 4. The SMILES string of the molecule is Cc1cc2c3c(c1)N(c1ccccc1)c1ccccc1B3c1cc3c(-c4c(C)cccc4C)cc4c5c(cc6c(-c7c(C)cccc7C)cc-2c1c6c35)B1c2ccccc2N(c2ccccc2)c2cc(C)cc-4c21. The lowest BCUT2D eigenvalue weighted by Gasteiger charge is -2.42. The standard InChI is InChI=1S/C70H50B2N2/c1-39-31-53-49-35-47(63-41(3)19-17-20-42(63)4)51-38-58-66-50(54-32-40(2)34-62-70(54)72(58)56-28-14-16-30-60(56)74(62)46-25-11-8-12-26-46)36-48(64-43(5)21-18-22-44(64)6)52-37-57(65(49)67(51)68(52)66)71-55-27-13-15-29-59(55)73(61(33-39)69(53)71)45-23-9-7-10-24-45/h7-38H,1-6H3. The van der Waals surface area contributed by atoms with Gasteiger partial charge >= 0.3 is 0 Å². The minimum Gasteiger partial charge on any atom is -0.311 e. The first-order chi connectivity index (χ1) is 36.2. The van der Waals surface area contributed by atoms with Crippen LogP contribution in [-0.2, 0) is 0 Å². The zero-order valence-electron chi connectivity index (χ0n) is 42.5. The third-order valence-electron chi connectivity index (χ3n) is 17.5. The Kier molecular flexibility index (Phi) is 8.51. The first kappa shape index (κ1) is 42.0. The molecule has 12 aromatic carbocycles. The van der Waals surface area contributed by atoms with Crippen LogP contribution in [0.1, 0.15) is 33.4 Å². The summed E-state index contributed by atoms with van der Waals surface area (Å²) in [6.07, 6.45) is 0. The first-order valence-electron chi connectivity index (χ1n) is 26.4. The molecule has 4 heteroatoms. The summed E-state index contributed by atoms with van der Waals surface area (Å²) >= 11 is 0. The van der Waals surface area contributed by atoms with Gasteiger partial charge in [0.25, 0.3) is 0 Å². The molecule has 0 saturated heterocycles. The van der Waals surface area contributed by atoms with Gasteiger partial charge in [0.05, 0.1) is 0 Å². The molecule has 0 bridgehead atoms. The summed E-state index contributed by atoms with van der Waals surface area (Å²) in [6.45, 7) is 13.9. The van der Waals surface area contributed by atoms with Crippen LogP contribution < -0.4 is 42.6 Å². The number of hydrogen-bond donors (Lipinski definition) is 0. The van der Waals surface area contributed by atoms with E-state index >= 15 is 0 Å². The fourth-order valence-electron chi connectivity index (χ4n) is 14.8. The van der Waals surface area contributed by atoms with E-state index in [0.717, 1.165) is 0 Å². The molecular weight excluding hydrogens is 890 g/mol. The summed E-state index contributed by atoms with van der Waals surface area (Å²) in [6, 6.07) is 74.8. The van der Waals surface area contributed by atoms with E-state index in [9.17, 15) is 0 Å². The molecule has 16 rings (SSSR count). The number of fused-ring (bicyclic) bond motifs is 8. The van der Waals surface area contributed by atoms with Gasteiger partial charge in [-0.05, 0) is 234 Å². The quantitative estimate of drug-likeness (QED) is 0.128. The van der Waals surface area contributed by atoms with Gasteiger partial charge in [-0.15, -0.1) is 0 Å². The van der Waals surface area contributed by atoms with Crippen LogP contribution in [0.2, 0.25) is 0 Å². The lowest BCUT2D eigenvalue weighted by atomic mass is 9.31. The van der Waals surface area contributed by atoms with Gasteiger partial charge in [-0.3, -0.25) is 0 Å². The van der Waals surface area contributed by atoms with Crippen molar-refractivity contribution >= 4 is 113 Å². The third kappa shape index (κ3) is 5.42. The molecule has 12 aromatic rings. The average Bonchev–Trinajstić information content (AvgIpc) is 3.45. The van der Waals surface area contributed by atoms with Gasteiger partial charge in [-0.1, -0.05) is 144 Å². The maximum atomic E-state index is 2.68. The van der Waals surface area contributed by atoms with E-state index in [1.165, 1.54) is 177 Å². The van der Waals surface area contributed by atoms with Crippen LogP contribution in [0.3, 0.4) is 0 Å². The maximum absolute atomic E-state index is 2.68. The molecule has 0 fully saturated rings. The minimum absolute atomic E-state index is 0.0138. The summed E-state index contributed by atoms with van der Waals surface area (Å²) < 4.78 is 0. The molecule has 0 saturated carbocycles. The van der Waals surface area contributed by atoms with Gasteiger partial charge in [-0.2, -0.15) is 0 Å². The van der Waals surface area contributed by atoms with Gasteiger partial charge < -0.3 is 9.80 Å². The first-order valence-corrected chi connectivity index (χ1v) is 26.4. The number of rotatable bonds is 4. The number of nitrogens with zero attached hydrogens (tertiary/aromatic N) is 2. The highest BCUT2D eigenvalue weighted by molar-refractivity contribution is 7.02. The summed E-state index contributed by atoms with van der Waals surface area (Å²) in [5.74, 6) is 0. The monoisotopic (exact) mass is 940 g/mol. The average molecular weight is 941 g/mol. The van der Waals surface area contributed by atoms with E-state index < -0.39 is 0 Å². The number of hydrogen-bond acceptors (Lipinski definition) is 2. The second-order valence-corrected chi connectivity index (χ2v) is 21.8. The van der Waals surface area contributed by atoms with Crippen molar-refractivity contribution in [3.05, 3.63) is 228 Å². The Morgan fingerprint density at radius 3 is 1.07 bits per heavy atom. The van der Waals surface area contributed by atoms with Gasteiger partial charge in [0, 0.05) is 34.1 Å². The van der Waals surface area contributed by atoms with Gasteiger partial charge in [-0.25, -0.2) is 0 Å². The molecule has 4 aliphatic heterocycles. The van der Waals surface area contributed by atoms with E-state index in [-0.39, 0.29) is 13.4 Å². The molecule has 0 spiro atoms. The predicted molar refractivity (Wildman–Crippen MR) is 319 cm³/mol. The third-order valence-corrected chi connectivity index (χ3v) is 17.5. The molecule has 74 heavy (non-hydrogen) atoms. The Morgan fingerprint density at radius 1 is 0.284 bits per heavy atom. The van der Waals surface area contributed by atoms with Crippen molar-refractivity contribution in [2.24, 2.45) is 0 Å². The summed E-state index contributed by atoms with van der Waals surface area (Å²) in [5.41, 5.74) is 34.0. The van der Waals surface area contributed by atoms with Crippen LogP contribution >= 0.6 is 0 Å². The van der Waals surface area contributed by atoms with Crippen molar-refractivity contribution in [2.75, 3.05) is 9.80 Å². The van der Waals surface area contributed by atoms with E-state index in [0.29, 0.717) is 0 Å². The van der Waals surface area contributed by atoms with Crippen LogP contribution in [0.4, 0.5) is 34.1 Å². The molecule has 4 heterocycles. The zero-order valence-corrected chi connectivity index (χ0v) is 42.5. The fraction of sp³-hybridized carbons (Fsp3) is 0.0857. The van der Waals surface area contributed by atoms with Crippen LogP contribution in [0.5, 0.6) is 0 Å². The molecule has 346 valence electrons. The van der Waals surface area contributed by atoms with Crippen LogP contribution in [0, 0.1) is 41.5 Å². The summed E-state index contributed by atoms with van der Waals surface area (Å²) in [4.78, 5) is 5.07. The minimum atomic E-state index is 0.0138. The molecule has 0 aliphatic carbocycles. The second-order valence-electron chi connectivity index (χ2n) is 21.8. The van der Waals surface area contributed by atoms with E-state index in [4.69, 9.17) is 0 Å². The molecule has 0 amide bonds. The Balaban J connectivity index is 1.15. The van der Waals surface area contributed by atoms with Gasteiger partial charge in [0.1, 0.15) is 0 Å². The van der Waals surface area contributed by atoms with E-state index in [1.54, 1.807) is 0 Å². The largest absolute Gasteiger partial charge is 0.311 e. The number of benzene rings is 12. The molecule has 0 aromatic heterocycles. The molecule has 2 nitrogen and oxygen atoms in total.